The first-order valence-corrected chi connectivity index (χ1v) is 9.38. The lowest BCUT2D eigenvalue weighted by atomic mass is 10.1. The van der Waals surface area contributed by atoms with E-state index in [1.807, 2.05) is 46.2 Å². The predicted octanol–water partition coefficient (Wildman–Crippen LogP) is 1.67. The van der Waals surface area contributed by atoms with E-state index in [9.17, 15) is 9.59 Å². The van der Waals surface area contributed by atoms with Crippen LogP contribution in [0.15, 0.2) is 41.0 Å². The maximum Gasteiger partial charge on any atom is 0.278 e. The summed E-state index contributed by atoms with van der Waals surface area (Å²) in [5.74, 6) is 0.349. The largest absolute Gasteiger partial charge is 0.472 e. The molecule has 0 N–H and O–H groups in total. The molecule has 8 nitrogen and oxygen atoms in total. The Hall–Kier alpha value is -3.16. The zero-order chi connectivity index (χ0) is 19.5. The van der Waals surface area contributed by atoms with E-state index in [0.29, 0.717) is 37.7 Å². The highest BCUT2D eigenvalue weighted by Crippen LogP contribution is 2.32. The molecule has 0 bridgehead atoms. The Morgan fingerprint density at radius 3 is 2.86 bits per heavy atom. The van der Waals surface area contributed by atoms with Crippen LogP contribution in [0.5, 0.6) is 5.88 Å². The first-order valence-electron chi connectivity index (χ1n) is 9.38. The number of amides is 2. The molecule has 2 aliphatic rings. The van der Waals surface area contributed by atoms with Crippen LogP contribution in [0.3, 0.4) is 0 Å². The van der Waals surface area contributed by atoms with Crippen molar-refractivity contribution >= 4 is 17.9 Å². The molecule has 28 heavy (non-hydrogen) atoms. The minimum Gasteiger partial charge on any atom is -0.472 e. The highest BCUT2D eigenvalue weighted by molar-refractivity contribution is 5.93. The van der Waals surface area contributed by atoms with Gasteiger partial charge < -0.3 is 14.5 Å². The van der Waals surface area contributed by atoms with Gasteiger partial charge in [0, 0.05) is 19.0 Å². The topological polar surface area (TPSA) is 88.8 Å². The van der Waals surface area contributed by atoms with Crippen LogP contribution >= 0.6 is 0 Å². The van der Waals surface area contributed by atoms with E-state index in [-0.39, 0.29) is 23.9 Å². The van der Waals surface area contributed by atoms with Crippen LogP contribution in [-0.4, -0.2) is 63.7 Å². The minimum absolute atomic E-state index is 0.0432. The monoisotopic (exact) mass is 382 g/mol. The van der Waals surface area contributed by atoms with Gasteiger partial charge in [0.1, 0.15) is 12.3 Å². The number of carbonyl (C=O) groups is 2. The summed E-state index contributed by atoms with van der Waals surface area (Å²) in [6.45, 7) is 3.16. The van der Waals surface area contributed by atoms with E-state index >= 15 is 0 Å². The van der Waals surface area contributed by atoms with E-state index in [1.165, 1.54) is 0 Å². The second-order valence-electron chi connectivity index (χ2n) is 6.99. The van der Waals surface area contributed by atoms with Crippen LogP contribution in [0.2, 0.25) is 0 Å². The SMILES string of the molecule is Cc1nonc1OCCN1C(=O)C[C@H]2[C@@H]1CCN2C(=O)C=Cc1ccccc1. The van der Waals surface area contributed by atoms with Gasteiger partial charge in [-0.2, -0.15) is 0 Å². The van der Waals surface area contributed by atoms with Crippen molar-refractivity contribution in [2.24, 2.45) is 0 Å². The molecule has 2 saturated heterocycles. The Kier molecular flexibility index (Phi) is 5.10. The van der Waals surface area contributed by atoms with E-state index < -0.39 is 0 Å². The molecule has 146 valence electrons. The molecule has 2 fully saturated rings. The summed E-state index contributed by atoms with van der Waals surface area (Å²) < 4.78 is 10.1. The average molecular weight is 382 g/mol. The van der Waals surface area contributed by atoms with Gasteiger partial charge in [-0.05, 0) is 30.1 Å². The highest BCUT2D eigenvalue weighted by atomic mass is 16.6. The lowest BCUT2D eigenvalue weighted by Gasteiger charge is -2.24. The Bertz CT molecular complexity index is 879. The zero-order valence-electron chi connectivity index (χ0n) is 15.7. The number of aromatic nitrogens is 2. The van der Waals surface area contributed by atoms with Crippen LogP contribution in [0.4, 0.5) is 0 Å². The van der Waals surface area contributed by atoms with Gasteiger partial charge >= 0.3 is 0 Å². The van der Waals surface area contributed by atoms with Crippen molar-refractivity contribution < 1.29 is 19.0 Å². The van der Waals surface area contributed by atoms with Gasteiger partial charge in [0.25, 0.3) is 5.88 Å². The first-order chi connectivity index (χ1) is 13.6. The fourth-order valence-electron chi connectivity index (χ4n) is 3.92. The maximum absolute atomic E-state index is 12.6. The van der Waals surface area contributed by atoms with Crippen molar-refractivity contribution in [1.82, 2.24) is 20.1 Å². The van der Waals surface area contributed by atoms with E-state index in [4.69, 9.17) is 4.74 Å². The summed E-state index contributed by atoms with van der Waals surface area (Å²) >= 11 is 0. The lowest BCUT2D eigenvalue weighted by molar-refractivity contribution is -0.129. The number of likely N-dealkylation sites (tertiary alicyclic amines) is 2. The van der Waals surface area contributed by atoms with Crippen molar-refractivity contribution in [2.75, 3.05) is 19.7 Å². The van der Waals surface area contributed by atoms with E-state index in [0.717, 1.165) is 12.0 Å². The second kappa shape index (κ2) is 7.84. The maximum atomic E-state index is 12.6. The Labute approximate surface area is 162 Å². The van der Waals surface area contributed by atoms with Gasteiger partial charge in [0.05, 0.1) is 18.6 Å². The summed E-state index contributed by atoms with van der Waals surface area (Å²) in [4.78, 5) is 28.7. The number of nitrogens with zero attached hydrogens (tertiary/aromatic N) is 4. The van der Waals surface area contributed by atoms with Crippen molar-refractivity contribution in [2.45, 2.75) is 31.8 Å². The van der Waals surface area contributed by atoms with Gasteiger partial charge in [-0.25, -0.2) is 4.63 Å². The van der Waals surface area contributed by atoms with Gasteiger partial charge in [-0.3, -0.25) is 9.59 Å². The third kappa shape index (κ3) is 3.62. The van der Waals surface area contributed by atoms with Gasteiger partial charge in [0.15, 0.2) is 0 Å². The molecule has 0 spiro atoms. The molecule has 0 saturated carbocycles. The van der Waals surface area contributed by atoms with Crippen molar-refractivity contribution in [3.63, 3.8) is 0 Å². The lowest BCUT2D eigenvalue weighted by Crippen LogP contribution is -2.40. The molecule has 3 heterocycles. The molecule has 8 heteroatoms. The number of carbonyl (C=O) groups excluding carboxylic acids is 2. The molecule has 0 radical (unpaired) electrons. The van der Waals surface area contributed by atoms with Crippen LogP contribution in [0, 0.1) is 6.92 Å². The summed E-state index contributed by atoms with van der Waals surface area (Å²) in [6.07, 6.45) is 4.55. The zero-order valence-corrected chi connectivity index (χ0v) is 15.7. The smallest absolute Gasteiger partial charge is 0.278 e. The number of aryl methyl sites for hydroxylation is 1. The number of benzene rings is 1. The fourth-order valence-corrected chi connectivity index (χ4v) is 3.92. The normalized spacial score (nSPS) is 21.5. The van der Waals surface area contributed by atoms with Crippen LogP contribution in [0.25, 0.3) is 6.08 Å². The summed E-state index contributed by atoms with van der Waals surface area (Å²) in [6, 6.07) is 9.67. The van der Waals surface area contributed by atoms with E-state index in [2.05, 4.69) is 14.9 Å². The molecule has 1 aromatic carbocycles. The molecule has 2 atom stereocenters. The molecular formula is C20H22N4O4. The summed E-state index contributed by atoms with van der Waals surface area (Å²) in [7, 11) is 0. The van der Waals surface area contributed by atoms with Crippen LogP contribution < -0.4 is 4.74 Å². The Morgan fingerprint density at radius 2 is 2.11 bits per heavy atom. The summed E-state index contributed by atoms with van der Waals surface area (Å²) in [5.41, 5.74) is 1.55. The first kappa shape index (κ1) is 18.2. The average Bonchev–Trinajstić information content (AvgIpc) is 3.37. The van der Waals surface area contributed by atoms with E-state index in [1.54, 1.807) is 13.0 Å². The van der Waals surface area contributed by atoms with Crippen molar-refractivity contribution in [1.29, 1.82) is 0 Å². The van der Waals surface area contributed by atoms with Crippen LogP contribution in [0.1, 0.15) is 24.1 Å². The van der Waals surface area contributed by atoms with Gasteiger partial charge in [-0.15, -0.1) is 0 Å². The molecule has 2 aliphatic heterocycles. The van der Waals surface area contributed by atoms with Crippen molar-refractivity contribution in [3.8, 4) is 5.88 Å². The third-order valence-electron chi connectivity index (χ3n) is 5.30. The molecule has 4 rings (SSSR count). The number of hydrogen-bond acceptors (Lipinski definition) is 6. The number of rotatable bonds is 6. The standard InChI is InChI=1S/C20H22N4O4/c1-14-20(22-28-21-14)27-12-11-24-16-9-10-23(17(16)13-19(24)26)18(25)8-7-15-5-3-2-4-6-15/h2-8,16-17H,9-13H2,1H3/t16-,17-/m0/s1. The van der Waals surface area contributed by atoms with Crippen LogP contribution in [-0.2, 0) is 9.59 Å². The Morgan fingerprint density at radius 1 is 1.29 bits per heavy atom. The molecule has 2 amide bonds. The van der Waals surface area contributed by atoms with Gasteiger partial charge in [0.2, 0.25) is 11.8 Å². The molecule has 1 aromatic heterocycles. The number of hydrogen-bond donors (Lipinski definition) is 0. The molecular weight excluding hydrogens is 360 g/mol. The predicted molar refractivity (Wildman–Crippen MR) is 100 cm³/mol. The second-order valence-corrected chi connectivity index (χ2v) is 6.99. The minimum atomic E-state index is -0.0733. The number of fused-ring (bicyclic) bond motifs is 1. The number of ether oxygens (including phenoxy) is 1. The van der Waals surface area contributed by atoms with Crippen molar-refractivity contribution in [3.05, 3.63) is 47.7 Å². The molecule has 2 aromatic rings. The van der Waals surface area contributed by atoms with Gasteiger partial charge in [-0.1, -0.05) is 35.5 Å². The molecule has 0 aliphatic carbocycles. The fraction of sp³-hybridized carbons (Fsp3) is 0.400. The third-order valence-corrected chi connectivity index (χ3v) is 5.30. The highest BCUT2D eigenvalue weighted by Gasteiger charge is 2.47. The molecule has 0 unspecified atom stereocenters. The summed E-state index contributed by atoms with van der Waals surface area (Å²) in [5, 5.41) is 7.34. The quantitative estimate of drug-likeness (QED) is 0.706. The Balaban J connectivity index is 1.35.